The van der Waals surface area contributed by atoms with E-state index in [0.29, 0.717) is 18.3 Å². The van der Waals surface area contributed by atoms with E-state index in [9.17, 15) is 14.3 Å². The molecule has 0 atom stereocenters. The normalized spacial score (nSPS) is 9.92. The Morgan fingerprint density at radius 1 is 1.31 bits per heavy atom. The largest absolute Gasteiger partial charge is 0.504 e. The first-order valence-electron chi connectivity index (χ1n) is 3.79. The van der Waals surface area contributed by atoms with Crippen LogP contribution in [0.2, 0.25) is 0 Å². The van der Waals surface area contributed by atoms with Crippen molar-refractivity contribution in [3.05, 3.63) is 23.5 Å². The highest BCUT2D eigenvalue weighted by atomic mass is 19.1. The van der Waals surface area contributed by atoms with E-state index < -0.39 is 17.3 Å². The molecule has 70 valence electrons. The van der Waals surface area contributed by atoms with E-state index in [0.717, 1.165) is 6.07 Å². The highest BCUT2D eigenvalue weighted by molar-refractivity contribution is 5.52. The lowest BCUT2D eigenvalue weighted by Crippen LogP contribution is -1.89. The fourth-order valence-corrected chi connectivity index (χ4v) is 1.01. The second-order valence-corrected chi connectivity index (χ2v) is 2.61. The number of benzene rings is 1. The van der Waals surface area contributed by atoms with Gasteiger partial charge in [0.15, 0.2) is 17.3 Å². The molecule has 0 aliphatic carbocycles. The lowest BCUT2D eigenvalue weighted by molar-refractivity contribution is -0.107. The Morgan fingerprint density at radius 2 is 2.00 bits per heavy atom. The van der Waals surface area contributed by atoms with Crippen LogP contribution in [-0.4, -0.2) is 16.5 Å². The molecule has 0 heterocycles. The van der Waals surface area contributed by atoms with Gasteiger partial charge in [0.25, 0.3) is 0 Å². The van der Waals surface area contributed by atoms with E-state index in [1.807, 2.05) is 0 Å². The predicted molar refractivity (Wildman–Crippen MR) is 44.1 cm³/mol. The summed E-state index contributed by atoms with van der Waals surface area (Å²) in [6.45, 7) is 0. The van der Waals surface area contributed by atoms with Crippen LogP contribution in [-0.2, 0) is 11.2 Å². The van der Waals surface area contributed by atoms with Gasteiger partial charge in [0, 0.05) is 6.42 Å². The molecule has 0 unspecified atom stereocenters. The second-order valence-electron chi connectivity index (χ2n) is 2.61. The lowest BCUT2D eigenvalue weighted by atomic mass is 10.1. The average Bonchev–Trinajstić information content (AvgIpc) is 2.13. The van der Waals surface area contributed by atoms with Crippen LogP contribution in [0.3, 0.4) is 0 Å². The van der Waals surface area contributed by atoms with Crippen molar-refractivity contribution in [3.63, 3.8) is 0 Å². The van der Waals surface area contributed by atoms with Crippen LogP contribution in [0.15, 0.2) is 12.1 Å². The van der Waals surface area contributed by atoms with Gasteiger partial charge in [-0.3, -0.25) is 0 Å². The van der Waals surface area contributed by atoms with Crippen LogP contribution in [0.1, 0.15) is 12.0 Å². The Bertz CT molecular complexity index is 323. The molecule has 13 heavy (non-hydrogen) atoms. The van der Waals surface area contributed by atoms with E-state index in [1.165, 1.54) is 6.07 Å². The van der Waals surface area contributed by atoms with Crippen molar-refractivity contribution in [2.75, 3.05) is 0 Å². The van der Waals surface area contributed by atoms with Gasteiger partial charge in [0.2, 0.25) is 0 Å². The molecule has 0 spiro atoms. The fourth-order valence-electron chi connectivity index (χ4n) is 1.01. The summed E-state index contributed by atoms with van der Waals surface area (Å²) in [6, 6.07) is 2.39. The first-order chi connectivity index (χ1) is 6.16. The summed E-state index contributed by atoms with van der Waals surface area (Å²) in [5, 5.41) is 18.2. The van der Waals surface area contributed by atoms with E-state index in [4.69, 9.17) is 5.11 Å². The molecule has 1 rings (SSSR count). The number of carbonyl (C=O) groups is 1. The Labute approximate surface area is 74.4 Å². The number of hydrogen-bond donors (Lipinski definition) is 2. The number of rotatable bonds is 3. The molecule has 0 bridgehead atoms. The van der Waals surface area contributed by atoms with Crippen molar-refractivity contribution in [3.8, 4) is 11.5 Å². The first-order valence-corrected chi connectivity index (χ1v) is 3.79. The Kier molecular flexibility index (Phi) is 2.84. The van der Waals surface area contributed by atoms with Crippen LogP contribution in [0.25, 0.3) is 0 Å². The summed E-state index contributed by atoms with van der Waals surface area (Å²) in [5.74, 6) is -2.11. The maximum Gasteiger partial charge on any atom is 0.194 e. The zero-order valence-electron chi connectivity index (χ0n) is 6.83. The number of phenolic OH excluding ortho intramolecular Hbond substituents is 2. The number of aldehydes is 1. The second kappa shape index (κ2) is 3.89. The maximum atomic E-state index is 12.6. The number of halogens is 1. The van der Waals surface area contributed by atoms with Crippen molar-refractivity contribution < 1.29 is 19.4 Å². The molecule has 2 N–H and O–H groups in total. The van der Waals surface area contributed by atoms with Gasteiger partial charge in [-0.2, -0.15) is 0 Å². The molecule has 1 aromatic carbocycles. The van der Waals surface area contributed by atoms with Crippen LogP contribution >= 0.6 is 0 Å². The standard InChI is InChI=1S/C9H9FO3/c10-7-4-3-6(2-1-5-11)8(12)9(7)13/h3-5,12-13H,1-2H2. The van der Waals surface area contributed by atoms with E-state index in [1.54, 1.807) is 0 Å². The highest BCUT2D eigenvalue weighted by Crippen LogP contribution is 2.31. The van der Waals surface area contributed by atoms with Crippen molar-refractivity contribution in [2.45, 2.75) is 12.8 Å². The van der Waals surface area contributed by atoms with Gasteiger partial charge in [-0.15, -0.1) is 0 Å². The summed E-state index contributed by atoms with van der Waals surface area (Å²) in [5.41, 5.74) is 0.367. The van der Waals surface area contributed by atoms with Gasteiger partial charge in [-0.1, -0.05) is 6.07 Å². The Hall–Kier alpha value is -1.58. The summed E-state index contributed by atoms with van der Waals surface area (Å²) < 4.78 is 12.6. The SMILES string of the molecule is O=CCCc1ccc(F)c(O)c1O. The summed E-state index contributed by atoms with van der Waals surface area (Å²) in [7, 11) is 0. The molecule has 0 aliphatic rings. The van der Waals surface area contributed by atoms with Crippen LogP contribution in [0.5, 0.6) is 11.5 Å². The number of aryl methyl sites for hydroxylation is 1. The quantitative estimate of drug-likeness (QED) is 0.551. The molecule has 0 saturated heterocycles. The van der Waals surface area contributed by atoms with Crippen molar-refractivity contribution in [1.82, 2.24) is 0 Å². The minimum Gasteiger partial charge on any atom is -0.504 e. The lowest BCUT2D eigenvalue weighted by Gasteiger charge is -2.04. The van der Waals surface area contributed by atoms with E-state index in [2.05, 4.69) is 0 Å². The molecular formula is C9H9FO3. The van der Waals surface area contributed by atoms with E-state index >= 15 is 0 Å². The molecule has 0 aromatic heterocycles. The monoisotopic (exact) mass is 184 g/mol. The number of aromatic hydroxyl groups is 2. The van der Waals surface area contributed by atoms with Crippen molar-refractivity contribution in [1.29, 1.82) is 0 Å². The summed E-state index contributed by atoms with van der Waals surface area (Å²) in [4.78, 5) is 10.0. The van der Waals surface area contributed by atoms with Crippen LogP contribution in [0, 0.1) is 5.82 Å². The third-order valence-electron chi connectivity index (χ3n) is 1.72. The van der Waals surface area contributed by atoms with Crippen LogP contribution in [0.4, 0.5) is 4.39 Å². The van der Waals surface area contributed by atoms with Gasteiger partial charge < -0.3 is 15.0 Å². The molecular weight excluding hydrogens is 175 g/mol. The van der Waals surface area contributed by atoms with Gasteiger partial charge in [0.1, 0.15) is 6.29 Å². The fraction of sp³-hybridized carbons (Fsp3) is 0.222. The Balaban J connectivity index is 2.96. The minimum atomic E-state index is -0.868. The average molecular weight is 184 g/mol. The van der Waals surface area contributed by atoms with Gasteiger partial charge >= 0.3 is 0 Å². The Morgan fingerprint density at radius 3 is 2.62 bits per heavy atom. The summed E-state index contributed by atoms with van der Waals surface area (Å²) in [6.07, 6.45) is 1.22. The smallest absolute Gasteiger partial charge is 0.194 e. The van der Waals surface area contributed by atoms with E-state index in [-0.39, 0.29) is 6.42 Å². The zero-order chi connectivity index (χ0) is 9.84. The summed E-state index contributed by atoms with van der Waals surface area (Å²) >= 11 is 0. The third-order valence-corrected chi connectivity index (χ3v) is 1.72. The van der Waals surface area contributed by atoms with Gasteiger partial charge in [-0.25, -0.2) is 4.39 Å². The molecule has 0 fully saturated rings. The molecule has 0 amide bonds. The number of carbonyl (C=O) groups excluding carboxylic acids is 1. The minimum absolute atomic E-state index is 0.235. The third kappa shape index (κ3) is 1.96. The predicted octanol–water partition coefficient (Wildman–Crippen LogP) is 1.37. The van der Waals surface area contributed by atoms with Crippen molar-refractivity contribution in [2.24, 2.45) is 0 Å². The first kappa shape index (κ1) is 9.51. The highest BCUT2D eigenvalue weighted by Gasteiger charge is 2.10. The van der Waals surface area contributed by atoms with Gasteiger partial charge in [0.05, 0.1) is 0 Å². The molecule has 1 aromatic rings. The molecule has 0 aliphatic heterocycles. The van der Waals surface area contributed by atoms with Gasteiger partial charge in [-0.05, 0) is 18.1 Å². The molecule has 0 saturated carbocycles. The number of hydrogen-bond acceptors (Lipinski definition) is 3. The molecule has 4 heteroatoms. The maximum absolute atomic E-state index is 12.6. The number of phenols is 2. The molecule has 3 nitrogen and oxygen atoms in total. The van der Waals surface area contributed by atoms with Crippen LogP contribution < -0.4 is 0 Å². The topological polar surface area (TPSA) is 57.5 Å². The zero-order valence-corrected chi connectivity index (χ0v) is 6.83. The van der Waals surface area contributed by atoms with Crippen molar-refractivity contribution >= 4 is 6.29 Å². The molecule has 0 radical (unpaired) electrons.